The maximum atomic E-state index is 13.0. The monoisotopic (exact) mass is 368 g/mol. The summed E-state index contributed by atoms with van der Waals surface area (Å²) in [6.07, 6.45) is 1.73. The number of piperazine rings is 1. The van der Waals surface area contributed by atoms with Crippen molar-refractivity contribution in [3.63, 3.8) is 0 Å². The smallest absolute Gasteiger partial charge is 0.254 e. The Morgan fingerprint density at radius 3 is 2.48 bits per heavy atom. The summed E-state index contributed by atoms with van der Waals surface area (Å²) in [6.45, 7) is 8.91. The number of nitrogens with zero attached hydrogens (tertiary/aromatic N) is 4. The van der Waals surface area contributed by atoms with Gasteiger partial charge in [-0.3, -0.25) is 4.79 Å². The van der Waals surface area contributed by atoms with E-state index in [-0.39, 0.29) is 5.91 Å². The molecule has 1 aromatic carbocycles. The van der Waals surface area contributed by atoms with Crippen LogP contribution in [0, 0.1) is 0 Å². The SMILES string of the molecule is CCN(CC)c1cc(C(=O)N2CCN(c3ccccc3OC)CC2)ccn1. The fraction of sp³-hybridized carbons (Fsp3) is 0.429. The molecule has 6 heteroatoms. The maximum absolute atomic E-state index is 13.0. The zero-order chi connectivity index (χ0) is 19.2. The van der Waals surface area contributed by atoms with E-state index in [0.717, 1.165) is 43.4 Å². The molecule has 6 nitrogen and oxygen atoms in total. The molecule has 1 saturated heterocycles. The molecule has 27 heavy (non-hydrogen) atoms. The molecule has 1 aliphatic heterocycles. The summed E-state index contributed by atoms with van der Waals surface area (Å²) in [5.74, 6) is 1.80. The second-order valence-corrected chi connectivity index (χ2v) is 6.53. The minimum atomic E-state index is 0.0745. The van der Waals surface area contributed by atoms with Crippen LogP contribution in [0.3, 0.4) is 0 Å². The Balaban J connectivity index is 1.67. The molecule has 2 heterocycles. The van der Waals surface area contributed by atoms with Gasteiger partial charge in [0.05, 0.1) is 12.8 Å². The van der Waals surface area contributed by atoms with Crippen molar-refractivity contribution in [2.75, 3.05) is 56.2 Å². The van der Waals surface area contributed by atoms with Gasteiger partial charge < -0.3 is 19.4 Å². The van der Waals surface area contributed by atoms with Crippen LogP contribution < -0.4 is 14.5 Å². The lowest BCUT2D eigenvalue weighted by Gasteiger charge is -2.36. The number of rotatable bonds is 6. The molecule has 1 aromatic heterocycles. The summed E-state index contributed by atoms with van der Waals surface area (Å²) >= 11 is 0. The molecular formula is C21H28N4O2. The first-order valence-electron chi connectivity index (χ1n) is 9.56. The van der Waals surface area contributed by atoms with Gasteiger partial charge in [0, 0.05) is 51.0 Å². The first kappa shape index (κ1) is 19.0. The van der Waals surface area contributed by atoms with E-state index in [9.17, 15) is 4.79 Å². The predicted octanol–water partition coefficient (Wildman–Crippen LogP) is 2.90. The zero-order valence-electron chi connectivity index (χ0n) is 16.4. The number of ether oxygens (including phenoxy) is 1. The van der Waals surface area contributed by atoms with E-state index in [1.165, 1.54) is 0 Å². The molecule has 0 bridgehead atoms. The summed E-state index contributed by atoms with van der Waals surface area (Å²) in [7, 11) is 1.69. The second-order valence-electron chi connectivity index (χ2n) is 6.53. The van der Waals surface area contributed by atoms with Gasteiger partial charge in [0.25, 0.3) is 5.91 Å². The van der Waals surface area contributed by atoms with E-state index < -0.39 is 0 Å². The highest BCUT2D eigenvalue weighted by atomic mass is 16.5. The van der Waals surface area contributed by atoms with Gasteiger partial charge in [-0.05, 0) is 38.1 Å². The van der Waals surface area contributed by atoms with Crippen molar-refractivity contribution in [1.82, 2.24) is 9.88 Å². The maximum Gasteiger partial charge on any atom is 0.254 e. The number of amides is 1. The summed E-state index contributed by atoms with van der Waals surface area (Å²) in [5.41, 5.74) is 1.79. The first-order chi connectivity index (χ1) is 13.2. The van der Waals surface area contributed by atoms with Gasteiger partial charge in [-0.15, -0.1) is 0 Å². The Morgan fingerprint density at radius 1 is 1.11 bits per heavy atom. The molecule has 2 aromatic rings. The number of aromatic nitrogens is 1. The van der Waals surface area contributed by atoms with E-state index in [0.29, 0.717) is 18.7 Å². The summed E-state index contributed by atoms with van der Waals surface area (Å²) in [5, 5.41) is 0. The number of anilines is 2. The Kier molecular flexibility index (Phi) is 6.16. The lowest BCUT2D eigenvalue weighted by molar-refractivity contribution is 0.0746. The number of hydrogen-bond donors (Lipinski definition) is 0. The average Bonchev–Trinajstić information content (AvgIpc) is 2.74. The van der Waals surface area contributed by atoms with Crippen molar-refractivity contribution in [1.29, 1.82) is 0 Å². The molecule has 0 aliphatic carbocycles. The van der Waals surface area contributed by atoms with Crippen molar-refractivity contribution in [3.05, 3.63) is 48.2 Å². The van der Waals surface area contributed by atoms with Crippen molar-refractivity contribution in [3.8, 4) is 5.75 Å². The zero-order valence-corrected chi connectivity index (χ0v) is 16.4. The Labute approximate surface area is 161 Å². The number of benzene rings is 1. The number of pyridine rings is 1. The molecule has 1 aliphatic rings. The van der Waals surface area contributed by atoms with E-state index in [2.05, 4.69) is 34.7 Å². The van der Waals surface area contributed by atoms with Crippen LogP contribution in [-0.4, -0.2) is 62.2 Å². The Morgan fingerprint density at radius 2 is 1.81 bits per heavy atom. The molecule has 0 spiro atoms. The minimum Gasteiger partial charge on any atom is -0.495 e. The van der Waals surface area contributed by atoms with Gasteiger partial charge in [-0.25, -0.2) is 4.98 Å². The highest BCUT2D eigenvalue weighted by Gasteiger charge is 2.24. The lowest BCUT2D eigenvalue weighted by Crippen LogP contribution is -2.48. The number of carbonyl (C=O) groups excluding carboxylic acids is 1. The van der Waals surface area contributed by atoms with Crippen LogP contribution in [0.15, 0.2) is 42.6 Å². The van der Waals surface area contributed by atoms with Gasteiger partial charge in [-0.1, -0.05) is 12.1 Å². The number of para-hydroxylation sites is 2. The van der Waals surface area contributed by atoms with Crippen molar-refractivity contribution >= 4 is 17.4 Å². The van der Waals surface area contributed by atoms with E-state index in [1.54, 1.807) is 13.3 Å². The number of carbonyl (C=O) groups is 1. The molecule has 1 amide bonds. The van der Waals surface area contributed by atoms with Crippen LogP contribution >= 0.6 is 0 Å². The second kappa shape index (κ2) is 8.75. The van der Waals surface area contributed by atoms with Crippen LogP contribution in [0.5, 0.6) is 5.75 Å². The normalized spacial score (nSPS) is 14.2. The van der Waals surface area contributed by atoms with Crippen molar-refractivity contribution in [2.45, 2.75) is 13.8 Å². The fourth-order valence-corrected chi connectivity index (χ4v) is 3.50. The molecule has 0 atom stereocenters. The quantitative estimate of drug-likeness (QED) is 0.785. The molecular weight excluding hydrogens is 340 g/mol. The number of methoxy groups -OCH3 is 1. The topological polar surface area (TPSA) is 48.9 Å². The minimum absolute atomic E-state index is 0.0745. The summed E-state index contributed by atoms with van der Waals surface area (Å²) in [4.78, 5) is 23.7. The van der Waals surface area contributed by atoms with Crippen LogP contribution in [0.1, 0.15) is 24.2 Å². The third-order valence-electron chi connectivity index (χ3n) is 5.07. The van der Waals surface area contributed by atoms with E-state index in [1.807, 2.05) is 35.2 Å². The van der Waals surface area contributed by atoms with Crippen molar-refractivity contribution < 1.29 is 9.53 Å². The fourth-order valence-electron chi connectivity index (χ4n) is 3.50. The predicted molar refractivity (Wildman–Crippen MR) is 109 cm³/mol. The van der Waals surface area contributed by atoms with E-state index >= 15 is 0 Å². The van der Waals surface area contributed by atoms with Crippen LogP contribution in [-0.2, 0) is 0 Å². The van der Waals surface area contributed by atoms with Gasteiger partial charge >= 0.3 is 0 Å². The summed E-state index contributed by atoms with van der Waals surface area (Å²) < 4.78 is 5.47. The van der Waals surface area contributed by atoms with Crippen LogP contribution in [0.4, 0.5) is 11.5 Å². The largest absolute Gasteiger partial charge is 0.495 e. The number of hydrogen-bond acceptors (Lipinski definition) is 5. The van der Waals surface area contributed by atoms with Crippen LogP contribution in [0.25, 0.3) is 0 Å². The third-order valence-corrected chi connectivity index (χ3v) is 5.07. The van der Waals surface area contributed by atoms with Gasteiger partial charge in [0.2, 0.25) is 0 Å². The molecule has 3 rings (SSSR count). The van der Waals surface area contributed by atoms with Gasteiger partial charge in [-0.2, -0.15) is 0 Å². The van der Waals surface area contributed by atoms with Crippen molar-refractivity contribution in [2.24, 2.45) is 0 Å². The molecule has 0 unspecified atom stereocenters. The van der Waals surface area contributed by atoms with Gasteiger partial charge in [0.1, 0.15) is 11.6 Å². The highest BCUT2D eigenvalue weighted by Crippen LogP contribution is 2.28. The van der Waals surface area contributed by atoms with Gasteiger partial charge in [0.15, 0.2) is 0 Å². The Bertz CT molecular complexity index is 768. The molecule has 1 fully saturated rings. The van der Waals surface area contributed by atoms with E-state index in [4.69, 9.17) is 4.74 Å². The Hall–Kier alpha value is -2.76. The molecule has 144 valence electrons. The third kappa shape index (κ3) is 4.15. The first-order valence-corrected chi connectivity index (χ1v) is 9.56. The molecule has 0 radical (unpaired) electrons. The lowest BCUT2D eigenvalue weighted by atomic mass is 10.2. The van der Waals surface area contributed by atoms with Crippen LogP contribution in [0.2, 0.25) is 0 Å². The molecule has 0 N–H and O–H groups in total. The summed E-state index contributed by atoms with van der Waals surface area (Å²) in [6, 6.07) is 11.7. The average molecular weight is 368 g/mol. The standard InChI is InChI=1S/C21H28N4O2/c1-4-23(5-2)20-16-17(10-11-22-20)21(26)25-14-12-24(13-15-25)18-8-6-7-9-19(18)27-3/h6-11,16H,4-5,12-15H2,1-3H3. The molecule has 0 saturated carbocycles. The highest BCUT2D eigenvalue weighted by molar-refractivity contribution is 5.95.